The Morgan fingerprint density at radius 2 is 1.02 bits per heavy atom. The minimum absolute atomic E-state index is 0.581. The molecule has 6 heteroatoms. The van der Waals surface area contributed by atoms with Crippen molar-refractivity contribution in [2.24, 2.45) is 0 Å². The van der Waals surface area contributed by atoms with E-state index < -0.39 is 0 Å². The molecule has 0 unspecified atom stereocenters. The highest BCUT2D eigenvalue weighted by atomic mass is 32.1. The van der Waals surface area contributed by atoms with Crippen molar-refractivity contribution in [2.75, 3.05) is 0 Å². The van der Waals surface area contributed by atoms with Crippen molar-refractivity contribution in [1.29, 1.82) is 0 Å². The van der Waals surface area contributed by atoms with E-state index in [-0.39, 0.29) is 0 Å². The van der Waals surface area contributed by atoms with Gasteiger partial charge in [-0.15, -0.1) is 11.3 Å². The molecule has 13 aromatic rings. The first kappa shape index (κ1) is 34.0. The summed E-state index contributed by atoms with van der Waals surface area (Å²) in [4.78, 5) is 15.6. The zero-order valence-electron chi connectivity index (χ0n) is 32.6. The van der Waals surface area contributed by atoms with Crippen LogP contribution in [-0.4, -0.2) is 19.5 Å². The number of hydrogen-bond acceptors (Lipinski definition) is 5. The van der Waals surface area contributed by atoms with E-state index in [0.717, 1.165) is 66.5 Å². The lowest BCUT2D eigenvalue weighted by molar-refractivity contribution is 0.669. The molecular weight excluding hydrogens is 765 g/mol. The van der Waals surface area contributed by atoms with Crippen molar-refractivity contribution in [3.63, 3.8) is 0 Å². The minimum Gasteiger partial charge on any atom is -0.456 e. The molecule has 284 valence electrons. The van der Waals surface area contributed by atoms with E-state index in [1.54, 1.807) is 0 Å². The number of benzene rings is 9. The summed E-state index contributed by atoms with van der Waals surface area (Å²) < 4.78 is 11.3. The average Bonchev–Trinajstić information content (AvgIpc) is 4.00. The van der Waals surface area contributed by atoms with Gasteiger partial charge in [0.15, 0.2) is 17.5 Å². The molecule has 0 saturated heterocycles. The molecular formula is C55H32N4OS. The Morgan fingerprint density at radius 3 is 1.87 bits per heavy atom. The average molecular weight is 797 g/mol. The third-order valence-corrected chi connectivity index (χ3v) is 13.2. The highest BCUT2D eigenvalue weighted by Crippen LogP contribution is 2.45. The number of hydrogen-bond donors (Lipinski definition) is 0. The molecule has 0 amide bonds. The number of rotatable bonds is 5. The maximum absolute atomic E-state index is 6.33. The molecule has 0 aliphatic heterocycles. The normalized spacial score (nSPS) is 11.9. The van der Waals surface area contributed by atoms with Gasteiger partial charge in [0, 0.05) is 64.0 Å². The van der Waals surface area contributed by atoms with Crippen molar-refractivity contribution >= 4 is 86.0 Å². The Labute approximate surface area is 353 Å². The molecule has 0 spiro atoms. The second-order valence-corrected chi connectivity index (χ2v) is 16.6. The molecule has 0 N–H and O–H groups in total. The van der Waals surface area contributed by atoms with E-state index in [2.05, 4.69) is 144 Å². The topological polar surface area (TPSA) is 56.7 Å². The highest BCUT2D eigenvalue weighted by molar-refractivity contribution is 7.25. The van der Waals surface area contributed by atoms with Crippen LogP contribution in [0.5, 0.6) is 0 Å². The predicted molar refractivity (Wildman–Crippen MR) is 254 cm³/mol. The standard InChI is InChI=1S/C55H32N4OS/c1-2-13-33(14-3-1)53-56-54(58-55(57-53)37-25-27-40-39-18-7-10-22-48(39)60-49(40)32-37)36-26-28-46(44(30-36)41-20-12-24-51-52(41)42-19-8-11-23-50(42)61-51)59-45-21-9-6-17-38(45)43-29-34-15-4-5-16-35(34)31-47(43)59/h1-32H. The lowest BCUT2D eigenvalue weighted by Gasteiger charge is -2.17. The Bertz CT molecular complexity index is 3900. The molecule has 0 radical (unpaired) electrons. The van der Waals surface area contributed by atoms with Crippen LogP contribution in [0.3, 0.4) is 0 Å². The molecule has 0 bridgehead atoms. The summed E-state index contributed by atoms with van der Waals surface area (Å²) in [5.41, 5.74) is 9.97. The molecule has 0 aliphatic carbocycles. The van der Waals surface area contributed by atoms with Gasteiger partial charge in [0.05, 0.1) is 16.7 Å². The molecule has 0 saturated carbocycles. The fraction of sp³-hybridized carbons (Fsp3) is 0. The highest BCUT2D eigenvalue weighted by Gasteiger charge is 2.22. The number of fused-ring (bicyclic) bond motifs is 10. The Hall–Kier alpha value is -7.93. The molecule has 4 aromatic heterocycles. The van der Waals surface area contributed by atoms with Crippen molar-refractivity contribution < 1.29 is 4.42 Å². The van der Waals surface area contributed by atoms with Gasteiger partial charge in [-0.25, -0.2) is 15.0 Å². The van der Waals surface area contributed by atoms with Crippen molar-refractivity contribution in [3.05, 3.63) is 194 Å². The summed E-state index contributed by atoms with van der Waals surface area (Å²) in [6, 6.07) is 68.7. The Kier molecular flexibility index (Phi) is 7.41. The summed E-state index contributed by atoms with van der Waals surface area (Å²) in [5, 5.41) is 9.50. The van der Waals surface area contributed by atoms with Crippen LogP contribution in [0.1, 0.15) is 0 Å². The van der Waals surface area contributed by atoms with Gasteiger partial charge in [-0.2, -0.15) is 0 Å². The van der Waals surface area contributed by atoms with E-state index in [4.69, 9.17) is 19.4 Å². The summed E-state index contributed by atoms with van der Waals surface area (Å²) in [6.07, 6.45) is 0. The first-order chi connectivity index (χ1) is 30.2. The summed E-state index contributed by atoms with van der Waals surface area (Å²) in [7, 11) is 0. The number of nitrogens with zero attached hydrogens (tertiary/aromatic N) is 4. The lowest BCUT2D eigenvalue weighted by atomic mass is 9.95. The fourth-order valence-electron chi connectivity index (χ4n) is 9.22. The Balaban J connectivity index is 1.09. The molecule has 0 atom stereocenters. The lowest BCUT2D eigenvalue weighted by Crippen LogP contribution is -2.02. The molecule has 9 aromatic carbocycles. The summed E-state index contributed by atoms with van der Waals surface area (Å²) in [5.74, 6) is 1.78. The third-order valence-electron chi connectivity index (χ3n) is 12.0. The third kappa shape index (κ3) is 5.36. The summed E-state index contributed by atoms with van der Waals surface area (Å²) >= 11 is 1.83. The summed E-state index contributed by atoms with van der Waals surface area (Å²) in [6.45, 7) is 0. The van der Waals surface area contributed by atoms with Gasteiger partial charge in [-0.05, 0) is 83.1 Å². The van der Waals surface area contributed by atoms with Crippen LogP contribution in [0.2, 0.25) is 0 Å². The van der Waals surface area contributed by atoms with Gasteiger partial charge in [-0.3, -0.25) is 0 Å². The first-order valence-electron chi connectivity index (χ1n) is 20.4. The smallest absolute Gasteiger partial charge is 0.164 e. The largest absolute Gasteiger partial charge is 0.456 e. The van der Waals surface area contributed by atoms with Gasteiger partial charge in [0.1, 0.15) is 11.2 Å². The van der Waals surface area contributed by atoms with Crippen LogP contribution >= 0.6 is 11.3 Å². The number of aromatic nitrogens is 4. The second kappa shape index (κ2) is 13.3. The van der Waals surface area contributed by atoms with E-state index in [0.29, 0.717) is 17.5 Å². The molecule has 0 aliphatic rings. The molecule has 61 heavy (non-hydrogen) atoms. The van der Waals surface area contributed by atoms with Gasteiger partial charge in [0.2, 0.25) is 0 Å². The number of thiophene rings is 1. The Morgan fingerprint density at radius 1 is 0.377 bits per heavy atom. The van der Waals surface area contributed by atoms with Gasteiger partial charge in [0.25, 0.3) is 0 Å². The zero-order valence-corrected chi connectivity index (χ0v) is 33.4. The van der Waals surface area contributed by atoms with Gasteiger partial charge < -0.3 is 8.98 Å². The number of para-hydroxylation sites is 2. The molecule has 5 nitrogen and oxygen atoms in total. The molecule has 4 heterocycles. The monoisotopic (exact) mass is 796 g/mol. The minimum atomic E-state index is 0.581. The van der Waals surface area contributed by atoms with Crippen LogP contribution in [0.15, 0.2) is 199 Å². The first-order valence-corrected chi connectivity index (χ1v) is 21.2. The molecule has 0 fully saturated rings. The van der Waals surface area contributed by atoms with Gasteiger partial charge >= 0.3 is 0 Å². The van der Waals surface area contributed by atoms with E-state index >= 15 is 0 Å². The van der Waals surface area contributed by atoms with Crippen LogP contribution in [-0.2, 0) is 0 Å². The van der Waals surface area contributed by atoms with E-state index in [1.165, 1.54) is 41.7 Å². The molecule has 13 rings (SSSR count). The van der Waals surface area contributed by atoms with Crippen LogP contribution in [0.4, 0.5) is 0 Å². The van der Waals surface area contributed by atoms with Crippen LogP contribution in [0, 0.1) is 0 Å². The maximum atomic E-state index is 6.33. The fourth-order valence-corrected chi connectivity index (χ4v) is 10.3. The van der Waals surface area contributed by atoms with Crippen LogP contribution < -0.4 is 0 Å². The van der Waals surface area contributed by atoms with Crippen LogP contribution in [0.25, 0.3) is 126 Å². The maximum Gasteiger partial charge on any atom is 0.164 e. The SMILES string of the molecule is c1ccc(-c2nc(-c3ccc(-n4c5ccccc5c5cc6ccccc6cc54)c(-c4cccc5sc6ccccc6c45)c3)nc(-c3ccc4c(c3)oc3ccccc34)n2)cc1. The van der Waals surface area contributed by atoms with E-state index in [9.17, 15) is 0 Å². The van der Waals surface area contributed by atoms with Crippen molar-refractivity contribution in [2.45, 2.75) is 0 Å². The predicted octanol–water partition coefficient (Wildman–Crippen LogP) is 15.1. The van der Waals surface area contributed by atoms with Gasteiger partial charge in [-0.1, -0.05) is 127 Å². The number of furan rings is 1. The quantitative estimate of drug-likeness (QED) is 0.174. The zero-order chi connectivity index (χ0) is 40.0. The second-order valence-electron chi connectivity index (χ2n) is 15.6. The van der Waals surface area contributed by atoms with Crippen molar-refractivity contribution in [1.82, 2.24) is 19.5 Å². The van der Waals surface area contributed by atoms with Crippen molar-refractivity contribution in [3.8, 4) is 51.0 Å². The van der Waals surface area contributed by atoms with E-state index in [1.807, 2.05) is 65.9 Å².